The van der Waals surface area contributed by atoms with Crippen LogP contribution in [0.5, 0.6) is 0 Å². The molecular weight excluding hydrogens is 942 g/mol. The highest BCUT2D eigenvalue weighted by Crippen LogP contribution is 2.56. The molecule has 78 heavy (non-hydrogen) atoms. The van der Waals surface area contributed by atoms with Gasteiger partial charge in [-0.3, -0.25) is 0 Å². The molecule has 4 aliphatic heterocycles. The summed E-state index contributed by atoms with van der Waals surface area (Å²) in [7, 11) is 0. The molecule has 4 nitrogen and oxygen atoms in total. The van der Waals surface area contributed by atoms with Gasteiger partial charge in [-0.25, -0.2) is 0 Å². The van der Waals surface area contributed by atoms with E-state index in [1.54, 1.807) is 0 Å². The molecule has 13 aromatic rings. The number of hydrogen-bond acceptors (Lipinski definition) is 2. The first-order valence-corrected chi connectivity index (χ1v) is 27.7. The molecule has 6 heterocycles. The van der Waals surface area contributed by atoms with Crippen molar-refractivity contribution >= 4 is 113 Å². The van der Waals surface area contributed by atoms with Crippen LogP contribution in [-0.4, -0.2) is 22.7 Å². The van der Waals surface area contributed by atoms with Crippen LogP contribution in [0.25, 0.3) is 88.1 Å². The second kappa shape index (κ2) is 15.7. The van der Waals surface area contributed by atoms with Gasteiger partial charge >= 0.3 is 13.7 Å². The van der Waals surface area contributed by atoms with E-state index >= 15 is 0 Å². The molecule has 0 fully saturated rings. The Morgan fingerprint density at radius 1 is 0.321 bits per heavy atom. The lowest BCUT2D eigenvalue weighted by Gasteiger charge is -2.41. The number of hydrogen-bond donors (Lipinski definition) is 0. The maximum absolute atomic E-state index is 2.79. The third-order valence-corrected chi connectivity index (χ3v) is 18.1. The van der Waals surface area contributed by atoms with Crippen molar-refractivity contribution in [3.05, 3.63) is 240 Å². The molecule has 0 amide bonds. The van der Waals surface area contributed by atoms with Crippen molar-refractivity contribution < 1.29 is 0 Å². The summed E-state index contributed by atoms with van der Waals surface area (Å²) in [6.07, 6.45) is 0. The molecule has 0 unspecified atom stereocenters. The molecule has 6 heteroatoms. The predicted octanol–water partition coefficient (Wildman–Crippen LogP) is 15.9. The lowest BCUT2D eigenvalue weighted by molar-refractivity contribution is 1.25. The molecule has 4 aliphatic rings. The number of para-hydroxylation sites is 4. The SMILES string of the molecule is Cc1cc(C)c(-c2ccc3c(c2)c2c4c5c(c6c2n3B2c3ccccc3N(c3ccccc3)c3cccc-6c32)c2cc(-c3c(C)cc(C)cc3C)ccc2n5B2c3ccccc3N(c3ccccc3)c3cccc-4c32)c(C)c1. The van der Waals surface area contributed by atoms with Crippen LogP contribution >= 0.6 is 0 Å². The Morgan fingerprint density at radius 3 is 1.10 bits per heavy atom. The average molecular weight is 995 g/mol. The second-order valence-electron chi connectivity index (χ2n) is 22.7. The molecule has 0 saturated heterocycles. The fourth-order valence-electron chi connectivity index (χ4n) is 15.7. The van der Waals surface area contributed by atoms with E-state index < -0.39 is 0 Å². The Kier molecular flexibility index (Phi) is 8.83. The monoisotopic (exact) mass is 994 g/mol. The Balaban J connectivity index is 1.12. The van der Waals surface area contributed by atoms with Crippen LogP contribution in [0.1, 0.15) is 33.4 Å². The van der Waals surface area contributed by atoms with E-state index in [-0.39, 0.29) is 13.7 Å². The third-order valence-electron chi connectivity index (χ3n) is 18.1. The van der Waals surface area contributed by atoms with Crippen molar-refractivity contribution in [1.82, 2.24) is 8.96 Å². The highest BCUT2D eigenvalue weighted by Gasteiger charge is 2.48. The normalized spacial score (nSPS) is 13.4. The number of nitrogens with zero attached hydrogens (tertiary/aromatic N) is 4. The van der Waals surface area contributed by atoms with Crippen LogP contribution in [0.15, 0.2) is 206 Å². The van der Waals surface area contributed by atoms with Gasteiger partial charge in [-0.15, -0.1) is 0 Å². The Labute approximate surface area is 455 Å². The summed E-state index contributed by atoms with van der Waals surface area (Å²) in [5.41, 5.74) is 35.8. The van der Waals surface area contributed by atoms with E-state index in [0.717, 1.165) is 11.4 Å². The van der Waals surface area contributed by atoms with Crippen molar-refractivity contribution in [1.29, 1.82) is 0 Å². The van der Waals surface area contributed by atoms with Gasteiger partial charge in [0.25, 0.3) is 0 Å². The molecule has 0 atom stereocenters. The minimum absolute atomic E-state index is 0.0959. The molecule has 0 bridgehead atoms. The van der Waals surface area contributed by atoms with E-state index in [0.29, 0.717) is 0 Å². The number of anilines is 6. The van der Waals surface area contributed by atoms with Gasteiger partial charge in [0.2, 0.25) is 0 Å². The summed E-state index contributed by atoms with van der Waals surface area (Å²) in [5, 5.41) is 5.21. The van der Waals surface area contributed by atoms with Gasteiger partial charge in [0.1, 0.15) is 0 Å². The van der Waals surface area contributed by atoms with E-state index in [4.69, 9.17) is 0 Å². The van der Waals surface area contributed by atoms with Gasteiger partial charge in [-0.1, -0.05) is 145 Å². The van der Waals surface area contributed by atoms with Crippen LogP contribution in [0.2, 0.25) is 0 Å². The topological polar surface area (TPSA) is 16.3 Å². The van der Waals surface area contributed by atoms with Crippen molar-refractivity contribution in [2.24, 2.45) is 0 Å². The van der Waals surface area contributed by atoms with Crippen LogP contribution in [0.3, 0.4) is 0 Å². The Bertz CT molecular complexity index is 4480. The number of aromatic nitrogens is 2. The lowest BCUT2D eigenvalue weighted by Crippen LogP contribution is -2.57. The molecule has 0 radical (unpaired) electrons. The summed E-state index contributed by atoms with van der Waals surface area (Å²) in [5.74, 6) is 0. The van der Waals surface area contributed by atoms with Gasteiger partial charge < -0.3 is 18.8 Å². The number of aryl methyl sites for hydroxylation is 6. The summed E-state index contributed by atoms with van der Waals surface area (Å²) in [6, 6.07) is 79.0. The van der Waals surface area contributed by atoms with Crippen LogP contribution in [0.4, 0.5) is 34.1 Å². The highest BCUT2D eigenvalue weighted by molar-refractivity contribution is 6.91. The molecule has 0 saturated carbocycles. The molecule has 17 rings (SSSR count). The molecule has 366 valence electrons. The molecule has 2 aromatic heterocycles. The van der Waals surface area contributed by atoms with E-state index in [2.05, 4.69) is 267 Å². The predicted molar refractivity (Wildman–Crippen MR) is 333 cm³/mol. The minimum Gasteiger partial charge on any atom is -0.375 e. The van der Waals surface area contributed by atoms with Crippen molar-refractivity contribution in [3.63, 3.8) is 0 Å². The molecule has 0 aliphatic carbocycles. The standard InChI is InChI=1S/C72H52B2N4/c1-41-35-43(3)63(44(4)36-41)47-31-33-57-53(39-47)67-65-51-23-17-29-61-69(51)74(56-26-14-16-28-60(56)76(61)50-21-11-8-12-22-50)78-58-34-32-48(64-45(5)37-42(2)38-46(64)6)40-54(58)68(72(65)78)66-52-24-18-30-62-70(52)73(77(57)71(66)67)55-25-13-15-27-59(55)75(62)49-19-9-7-10-20-49/h7-40H,1-6H3. The first-order chi connectivity index (χ1) is 38.2. The van der Waals surface area contributed by atoms with E-state index in [1.165, 1.54) is 166 Å². The van der Waals surface area contributed by atoms with Crippen molar-refractivity contribution in [2.75, 3.05) is 9.80 Å². The molecular formula is C72H52B2N4. The zero-order valence-electron chi connectivity index (χ0n) is 44.6. The average Bonchev–Trinajstić information content (AvgIpc) is 3.28. The smallest absolute Gasteiger partial charge is 0.333 e. The van der Waals surface area contributed by atoms with Gasteiger partial charge in [-0.05, 0) is 192 Å². The number of rotatable bonds is 4. The van der Waals surface area contributed by atoms with Crippen LogP contribution < -0.4 is 31.7 Å². The second-order valence-corrected chi connectivity index (χ2v) is 22.7. The summed E-state index contributed by atoms with van der Waals surface area (Å²) < 4.78 is 5.58. The third kappa shape index (κ3) is 5.61. The van der Waals surface area contributed by atoms with Crippen molar-refractivity contribution in [2.45, 2.75) is 41.5 Å². The lowest BCUT2D eigenvalue weighted by atomic mass is 9.44. The van der Waals surface area contributed by atoms with Crippen LogP contribution in [-0.2, 0) is 0 Å². The van der Waals surface area contributed by atoms with Crippen molar-refractivity contribution in [3.8, 4) is 44.5 Å². The van der Waals surface area contributed by atoms with E-state index in [1.807, 2.05) is 0 Å². The summed E-state index contributed by atoms with van der Waals surface area (Å²) >= 11 is 0. The fraction of sp³-hybridized carbons (Fsp3) is 0.0833. The maximum Gasteiger partial charge on any atom is 0.333 e. The molecule has 0 spiro atoms. The summed E-state index contributed by atoms with van der Waals surface area (Å²) in [6.45, 7) is 13.4. The highest BCUT2D eigenvalue weighted by atomic mass is 15.2. The number of fused-ring (bicyclic) bond motifs is 16. The zero-order chi connectivity index (χ0) is 52.0. The first-order valence-electron chi connectivity index (χ1n) is 27.7. The largest absolute Gasteiger partial charge is 0.375 e. The van der Waals surface area contributed by atoms with E-state index in [9.17, 15) is 0 Å². The first kappa shape index (κ1) is 43.9. The van der Waals surface area contributed by atoms with Gasteiger partial charge in [0, 0.05) is 88.9 Å². The quantitative estimate of drug-likeness (QED) is 0.163. The van der Waals surface area contributed by atoms with Gasteiger partial charge in [0.15, 0.2) is 0 Å². The maximum atomic E-state index is 2.79. The fourth-order valence-corrected chi connectivity index (χ4v) is 15.7. The zero-order valence-corrected chi connectivity index (χ0v) is 44.6. The van der Waals surface area contributed by atoms with Crippen LogP contribution in [0, 0.1) is 41.5 Å². The molecule has 11 aromatic carbocycles. The Morgan fingerprint density at radius 2 is 0.692 bits per heavy atom. The summed E-state index contributed by atoms with van der Waals surface area (Å²) in [4.78, 5) is 5.04. The Hall–Kier alpha value is -9.25. The minimum atomic E-state index is -0.0959. The molecule has 0 N–H and O–H groups in total. The van der Waals surface area contributed by atoms with Gasteiger partial charge in [0.05, 0.1) is 0 Å². The van der Waals surface area contributed by atoms with Gasteiger partial charge in [-0.2, -0.15) is 0 Å². The number of benzene rings is 11.